The molecule has 0 radical (unpaired) electrons. The summed E-state index contributed by atoms with van der Waals surface area (Å²) in [4.78, 5) is 15.4. The zero-order valence-electron chi connectivity index (χ0n) is 9.11. The van der Waals surface area contributed by atoms with Gasteiger partial charge in [-0.05, 0) is 0 Å². The van der Waals surface area contributed by atoms with Crippen LogP contribution < -0.4 is 0 Å². The Kier molecular flexibility index (Phi) is 5.08. The molecule has 0 aromatic carbocycles. The van der Waals surface area contributed by atoms with Crippen LogP contribution in [-0.4, -0.2) is 62.1 Å². The summed E-state index contributed by atoms with van der Waals surface area (Å²) in [5, 5.41) is 8.41. The number of rotatable bonds is 4. The summed E-state index contributed by atoms with van der Waals surface area (Å²) in [6, 6.07) is 1.89. The second kappa shape index (κ2) is 6.38. The molecule has 84 valence electrons. The number of nitrogens with zero attached hydrogens (tertiary/aromatic N) is 3. The van der Waals surface area contributed by atoms with E-state index in [9.17, 15) is 4.79 Å². The molecule has 1 aliphatic heterocycles. The summed E-state index contributed by atoms with van der Waals surface area (Å²) in [5.74, 6) is -0.0520. The number of nitriles is 1. The van der Waals surface area contributed by atoms with Crippen molar-refractivity contribution in [3.63, 3.8) is 0 Å². The summed E-state index contributed by atoms with van der Waals surface area (Å²) in [5.41, 5.74) is 0. The van der Waals surface area contributed by atoms with E-state index in [2.05, 4.69) is 4.90 Å². The van der Waals surface area contributed by atoms with E-state index < -0.39 is 0 Å². The predicted molar refractivity (Wildman–Crippen MR) is 55.1 cm³/mol. The van der Waals surface area contributed by atoms with Gasteiger partial charge in [-0.1, -0.05) is 0 Å². The van der Waals surface area contributed by atoms with E-state index in [0.29, 0.717) is 0 Å². The van der Waals surface area contributed by atoms with Gasteiger partial charge < -0.3 is 9.64 Å². The Morgan fingerprint density at radius 2 is 2.07 bits per heavy atom. The largest absolute Gasteiger partial charge is 0.383 e. The molecule has 0 spiro atoms. The van der Waals surface area contributed by atoms with E-state index in [1.54, 1.807) is 12.0 Å². The molecule has 0 atom stereocenters. The van der Waals surface area contributed by atoms with Gasteiger partial charge in [-0.2, -0.15) is 5.26 Å². The monoisotopic (exact) mass is 211 g/mol. The average Bonchev–Trinajstić information content (AvgIpc) is 2.27. The standard InChI is InChI=1S/C10H17N3O2/c1-15-9-8-12-4-6-13(7-5-12)10(14)2-3-11/h2,4-9H2,1H3. The molecule has 5 nitrogen and oxygen atoms in total. The lowest BCUT2D eigenvalue weighted by Crippen LogP contribution is -2.49. The third-order valence-electron chi connectivity index (χ3n) is 2.57. The third kappa shape index (κ3) is 3.86. The Balaban J connectivity index is 2.24. The van der Waals surface area contributed by atoms with Gasteiger partial charge in [0.2, 0.25) is 5.91 Å². The van der Waals surface area contributed by atoms with Gasteiger partial charge >= 0.3 is 0 Å². The quantitative estimate of drug-likeness (QED) is 0.640. The van der Waals surface area contributed by atoms with Gasteiger partial charge in [0.15, 0.2) is 0 Å². The first kappa shape index (κ1) is 12.0. The van der Waals surface area contributed by atoms with E-state index in [-0.39, 0.29) is 12.3 Å². The number of piperazine rings is 1. The fourth-order valence-corrected chi connectivity index (χ4v) is 1.62. The van der Waals surface area contributed by atoms with E-state index in [0.717, 1.165) is 39.3 Å². The molecule has 5 heteroatoms. The van der Waals surface area contributed by atoms with Crippen LogP contribution in [-0.2, 0) is 9.53 Å². The molecule has 1 aliphatic rings. The lowest BCUT2D eigenvalue weighted by Gasteiger charge is -2.34. The maximum atomic E-state index is 11.4. The molecule has 0 unspecified atom stereocenters. The van der Waals surface area contributed by atoms with Gasteiger partial charge in [-0.3, -0.25) is 9.69 Å². The molecule has 1 heterocycles. The lowest BCUT2D eigenvalue weighted by molar-refractivity contribution is -0.131. The topological polar surface area (TPSA) is 56.6 Å². The number of amides is 1. The minimum Gasteiger partial charge on any atom is -0.383 e. The lowest BCUT2D eigenvalue weighted by atomic mass is 10.3. The molecular formula is C10H17N3O2. The molecule has 0 N–H and O–H groups in total. The van der Waals surface area contributed by atoms with Crippen LogP contribution in [0.15, 0.2) is 0 Å². The Morgan fingerprint density at radius 3 is 2.60 bits per heavy atom. The molecule has 1 rings (SSSR count). The van der Waals surface area contributed by atoms with Crippen LogP contribution in [0.4, 0.5) is 0 Å². The minimum atomic E-state index is -0.0520. The van der Waals surface area contributed by atoms with Gasteiger partial charge in [0.1, 0.15) is 6.42 Å². The molecule has 0 saturated carbocycles. The molecule has 0 aliphatic carbocycles. The number of hydrogen-bond acceptors (Lipinski definition) is 4. The highest BCUT2D eigenvalue weighted by Crippen LogP contribution is 2.03. The van der Waals surface area contributed by atoms with E-state index in [4.69, 9.17) is 10.00 Å². The summed E-state index contributed by atoms with van der Waals surface area (Å²) in [6.45, 7) is 4.85. The highest BCUT2D eigenvalue weighted by molar-refractivity contribution is 5.78. The molecular weight excluding hydrogens is 194 g/mol. The van der Waals surface area contributed by atoms with Crippen molar-refractivity contribution in [3.8, 4) is 6.07 Å². The first-order valence-corrected chi connectivity index (χ1v) is 5.14. The van der Waals surface area contributed by atoms with Crippen molar-refractivity contribution in [2.24, 2.45) is 0 Å². The van der Waals surface area contributed by atoms with Gasteiger partial charge in [-0.15, -0.1) is 0 Å². The molecule has 1 saturated heterocycles. The molecule has 1 fully saturated rings. The van der Waals surface area contributed by atoms with Gasteiger partial charge in [0, 0.05) is 39.8 Å². The Hall–Kier alpha value is -1.12. The van der Waals surface area contributed by atoms with Crippen LogP contribution in [0.3, 0.4) is 0 Å². The van der Waals surface area contributed by atoms with Crippen LogP contribution in [0.5, 0.6) is 0 Å². The van der Waals surface area contributed by atoms with Crippen LogP contribution in [0.2, 0.25) is 0 Å². The van der Waals surface area contributed by atoms with Crippen molar-refractivity contribution in [1.82, 2.24) is 9.80 Å². The van der Waals surface area contributed by atoms with E-state index in [1.165, 1.54) is 0 Å². The fourth-order valence-electron chi connectivity index (χ4n) is 1.62. The Bertz CT molecular complexity index is 242. The molecule has 0 aromatic rings. The van der Waals surface area contributed by atoms with Crippen LogP contribution in [0.25, 0.3) is 0 Å². The van der Waals surface area contributed by atoms with Crippen LogP contribution in [0.1, 0.15) is 6.42 Å². The number of carbonyl (C=O) groups is 1. The molecule has 0 aromatic heterocycles. The fraction of sp³-hybridized carbons (Fsp3) is 0.800. The maximum Gasteiger partial charge on any atom is 0.236 e. The number of methoxy groups -OCH3 is 1. The second-order valence-electron chi connectivity index (χ2n) is 3.55. The molecule has 1 amide bonds. The summed E-state index contributed by atoms with van der Waals surface area (Å²) >= 11 is 0. The first-order chi connectivity index (χ1) is 7.27. The number of hydrogen-bond donors (Lipinski definition) is 0. The normalized spacial score (nSPS) is 17.5. The highest BCUT2D eigenvalue weighted by Gasteiger charge is 2.19. The SMILES string of the molecule is COCCN1CCN(C(=O)CC#N)CC1. The zero-order valence-corrected chi connectivity index (χ0v) is 9.11. The smallest absolute Gasteiger partial charge is 0.236 e. The van der Waals surface area contributed by atoms with Crippen LogP contribution in [0, 0.1) is 11.3 Å². The average molecular weight is 211 g/mol. The van der Waals surface area contributed by atoms with Crippen molar-refractivity contribution in [3.05, 3.63) is 0 Å². The van der Waals surface area contributed by atoms with Crippen molar-refractivity contribution >= 4 is 5.91 Å². The van der Waals surface area contributed by atoms with Gasteiger partial charge in [0.25, 0.3) is 0 Å². The van der Waals surface area contributed by atoms with E-state index in [1.807, 2.05) is 6.07 Å². The zero-order chi connectivity index (χ0) is 11.1. The Labute approximate surface area is 90.2 Å². The van der Waals surface area contributed by atoms with Gasteiger partial charge in [0.05, 0.1) is 12.7 Å². The summed E-state index contributed by atoms with van der Waals surface area (Å²) in [6.07, 6.45) is -0.00191. The van der Waals surface area contributed by atoms with Crippen molar-refractivity contribution in [2.45, 2.75) is 6.42 Å². The molecule has 0 bridgehead atoms. The minimum absolute atomic E-state index is 0.00191. The number of ether oxygens (including phenoxy) is 1. The third-order valence-corrected chi connectivity index (χ3v) is 2.57. The summed E-state index contributed by atoms with van der Waals surface area (Å²) < 4.78 is 4.99. The Morgan fingerprint density at radius 1 is 1.40 bits per heavy atom. The number of carbonyl (C=O) groups excluding carboxylic acids is 1. The summed E-state index contributed by atoms with van der Waals surface area (Å²) in [7, 11) is 1.69. The van der Waals surface area contributed by atoms with E-state index >= 15 is 0 Å². The van der Waals surface area contributed by atoms with Gasteiger partial charge in [-0.25, -0.2) is 0 Å². The highest BCUT2D eigenvalue weighted by atomic mass is 16.5. The van der Waals surface area contributed by atoms with Crippen LogP contribution >= 0.6 is 0 Å². The predicted octanol–water partition coefficient (Wildman–Crippen LogP) is -0.309. The van der Waals surface area contributed by atoms with Crippen molar-refractivity contribution in [1.29, 1.82) is 5.26 Å². The molecule has 15 heavy (non-hydrogen) atoms. The van der Waals surface area contributed by atoms with Crippen molar-refractivity contribution in [2.75, 3.05) is 46.4 Å². The van der Waals surface area contributed by atoms with Crippen molar-refractivity contribution < 1.29 is 9.53 Å². The maximum absolute atomic E-state index is 11.4. The second-order valence-corrected chi connectivity index (χ2v) is 3.55. The first-order valence-electron chi connectivity index (χ1n) is 5.14.